The van der Waals surface area contributed by atoms with Gasteiger partial charge in [-0.2, -0.15) is 0 Å². The highest BCUT2D eigenvalue weighted by Crippen LogP contribution is 2.24. The molecule has 3 amide bonds. The molecule has 3 aromatic carbocycles. The van der Waals surface area contributed by atoms with Crippen LogP contribution < -0.4 is 20.8 Å². The summed E-state index contributed by atoms with van der Waals surface area (Å²) in [4.78, 5) is 38.3. The summed E-state index contributed by atoms with van der Waals surface area (Å²) in [5.41, 5.74) is 3.86. The maximum Gasteiger partial charge on any atom is 0.328 e. The lowest BCUT2D eigenvalue weighted by Crippen LogP contribution is -2.36. The molecular weight excluding hydrogens is 491 g/mol. The van der Waals surface area contributed by atoms with Gasteiger partial charge < -0.3 is 15.4 Å². The molecule has 0 aliphatic heterocycles. The fourth-order valence-electron chi connectivity index (χ4n) is 3.36. The Morgan fingerprint density at radius 2 is 1.63 bits per heavy atom. The van der Waals surface area contributed by atoms with Crippen molar-refractivity contribution < 1.29 is 19.1 Å². The molecule has 0 unspecified atom stereocenters. The minimum Gasteiger partial charge on any atom is -0.494 e. The van der Waals surface area contributed by atoms with E-state index in [-0.39, 0.29) is 16.4 Å². The summed E-state index contributed by atoms with van der Waals surface area (Å²) in [6, 6.07) is 19.8. The van der Waals surface area contributed by atoms with E-state index in [1.54, 1.807) is 72.8 Å². The predicted octanol–water partition coefficient (Wildman–Crippen LogP) is 5.31. The van der Waals surface area contributed by atoms with Crippen LogP contribution >= 0.6 is 23.2 Å². The van der Waals surface area contributed by atoms with Crippen molar-refractivity contribution >= 4 is 63.2 Å². The lowest BCUT2D eigenvalue weighted by Gasteiger charge is -2.13. The third-order valence-electron chi connectivity index (χ3n) is 4.96. The molecule has 0 fully saturated rings. The fourth-order valence-corrected chi connectivity index (χ4v) is 3.73. The highest BCUT2D eigenvalue weighted by Gasteiger charge is 2.21. The lowest BCUT2D eigenvalue weighted by molar-refractivity contribution is -0.133. The third-order valence-corrected chi connectivity index (χ3v) is 5.53. The van der Waals surface area contributed by atoms with Crippen LogP contribution in [-0.4, -0.2) is 29.0 Å². The molecule has 3 N–H and O–H groups in total. The number of benzene rings is 3. The number of amides is 3. The van der Waals surface area contributed by atoms with Crippen LogP contribution in [0.4, 0.5) is 11.4 Å². The van der Waals surface area contributed by atoms with Gasteiger partial charge in [0.05, 0.1) is 22.8 Å². The molecule has 0 saturated carbocycles. The van der Waals surface area contributed by atoms with Crippen molar-refractivity contribution in [3.8, 4) is 5.75 Å². The average Bonchev–Trinajstić information content (AvgIpc) is 3.19. The Balaban J connectivity index is 1.60. The van der Waals surface area contributed by atoms with Crippen LogP contribution in [0.3, 0.4) is 0 Å². The van der Waals surface area contributed by atoms with Crippen molar-refractivity contribution in [2.24, 2.45) is 0 Å². The van der Waals surface area contributed by atoms with E-state index in [1.165, 1.54) is 4.68 Å². The van der Waals surface area contributed by atoms with Gasteiger partial charge in [0, 0.05) is 16.1 Å². The number of halogens is 2. The van der Waals surface area contributed by atoms with Crippen LogP contribution in [0.15, 0.2) is 72.8 Å². The van der Waals surface area contributed by atoms with Crippen LogP contribution in [0.5, 0.6) is 5.75 Å². The summed E-state index contributed by atoms with van der Waals surface area (Å²) in [5.74, 6) is -1.78. The monoisotopic (exact) mass is 510 g/mol. The number of anilines is 2. The number of nitrogens with one attached hydrogen (secondary N) is 3. The minimum absolute atomic E-state index is 0.0926. The summed E-state index contributed by atoms with van der Waals surface area (Å²) in [7, 11) is 0. The number of fused-ring (bicyclic) bond motifs is 1. The molecule has 178 valence electrons. The molecule has 35 heavy (non-hydrogen) atoms. The average molecular weight is 511 g/mol. The molecule has 8 nitrogen and oxygen atoms in total. The van der Waals surface area contributed by atoms with Crippen LogP contribution in [0.1, 0.15) is 17.4 Å². The number of carbonyl (C=O) groups excluding carboxylic acids is 3. The second-order valence-electron chi connectivity index (χ2n) is 7.35. The largest absolute Gasteiger partial charge is 0.494 e. The van der Waals surface area contributed by atoms with Gasteiger partial charge in [-0.1, -0.05) is 35.3 Å². The zero-order chi connectivity index (χ0) is 24.9. The van der Waals surface area contributed by atoms with Gasteiger partial charge >= 0.3 is 11.8 Å². The number of carbonyl (C=O) groups is 3. The Morgan fingerprint density at radius 3 is 2.34 bits per heavy atom. The first-order valence-corrected chi connectivity index (χ1v) is 11.3. The first-order valence-electron chi connectivity index (χ1n) is 10.6. The Hall–Kier alpha value is -4.01. The molecular formula is C25H20Cl2N4O4. The first-order chi connectivity index (χ1) is 16.9. The zero-order valence-electron chi connectivity index (χ0n) is 18.5. The number of aromatic nitrogens is 1. The van der Waals surface area contributed by atoms with Gasteiger partial charge in [-0.25, -0.2) is 4.68 Å². The molecule has 10 heteroatoms. The Bertz CT molecular complexity index is 1420. The van der Waals surface area contributed by atoms with Crippen LogP contribution in [0.25, 0.3) is 10.9 Å². The normalized spacial score (nSPS) is 10.6. The van der Waals surface area contributed by atoms with E-state index in [1.807, 2.05) is 6.92 Å². The van der Waals surface area contributed by atoms with E-state index in [9.17, 15) is 14.4 Å². The topological polar surface area (TPSA) is 101 Å². The van der Waals surface area contributed by atoms with E-state index >= 15 is 0 Å². The van der Waals surface area contributed by atoms with E-state index < -0.39 is 17.7 Å². The molecule has 0 atom stereocenters. The number of ether oxygens (including phenoxy) is 1. The van der Waals surface area contributed by atoms with Crippen LogP contribution in [0.2, 0.25) is 10.0 Å². The Kier molecular flexibility index (Phi) is 7.24. The molecule has 0 bridgehead atoms. The third kappa shape index (κ3) is 5.56. The Morgan fingerprint density at radius 1 is 0.886 bits per heavy atom. The van der Waals surface area contributed by atoms with Crippen LogP contribution in [0, 0.1) is 0 Å². The van der Waals surface area contributed by atoms with Crippen molar-refractivity contribution in [2.75, 3.05) is 22.7 Å². The van der Waals surface area contributed by atoms with Gasteiger partial charge in [0.15, 0.2) is 0 Å². The molecule has 1 heterocycles. The molecule has 0 spiro atoms. The number of rotatable bonds is 6. The maximum absolute atomic E-state index is 13.1. The minimum atomic E-state index is -0.993. The van der Waals surface area contributed by atoms with Crippen molar-refractivity contribution in [1.82, 2.24) is 4.68 Å². The summed E-state index contributed by atoms with van der Waals surface area (Å²) in [6.45, 7) is 2.40. The van der Waals surface area contributed by atoms with Gasteiger partial charge in [0.1, 0.15) is 11.4 Å². The van der Waals surface area contributed by atoms with Crippen LogP contribution in [-0.2, 0) is 9.59 Å². The van der Waals surface area contributed by atoms with Gasteiger partial charge in [-0.3, -0.25) is 19.8 Å². The van der Waals surface area contributed by atoms with E-state index in [0.29, 0.717) is 34.0 Å². The SMILES string of the molecule is CCOc1ccc(NC(=O)c2cc3cc(Cl)ccc3n2NC(=O)C(=O)Nc2ccccc2Cl)cc1. The molecule has 1 aromatic heterocycles. The summed E-state index contributed by atoms with van der Waals surface area (Å²) >= 11 is 12.2. The van der Waals surface area contributed by atoms with E-state index in [0.717, 1.165) is 0 Å². The van der Waals surface area contributed by atoms with E-state index in [2.05, 4.69) is 16.1 Å². The predicted molar refractivity (Wildman–Crippen MR) is 137 cm³/mol. The van der Waals surface area contributed by atoms with Gasteiger partial charge in [0.2, 0.25) is 0 Å². The van der Waals surface area contributed by atoms with Gasteiger partial charge in [-0.15, -0.1) is 0 Å². The first kappa shape index (κ1) is 24.1. The molecule has 4 rings (SSSR count). The number of nitrogens with zero attached hydrogens (tertiary/aromatic N) is 1. The second kappa shape index (κ2) is 10.5. The van der Waals surface area contributed by atoms with Gasteiger partial charge in [0.25, 0.3) is 5.91 Å². The quantitative estimate of drug-likeness (QED) is 0.306. The van der Waals surface area contributed by atoms with E-state index in [4.69, 9.17) is 27.9 Å². The fraction of sp³-hybridized carbons (Fsp3) is 0.0800. The number of hydrogen-bond acceptors (Lipinski definition) is 4. The second-order valence-corrected chi connectivity index (χ2v) is 8.20. The standard InChI is InChI=1S/C25H20Cl2N4O4/c1-2-35-18-10-8-17(9-11-18)28-23(32)22-14-15-13-16(26)7-12-21(15)31(22)30-25(34)24(33)29-20-6-4-3-5-19(20)27/h3-14H,2H2,1H3,(H,28,32)(H,29,33)(H,30,34). The molecule has 0 aliphatic rings. The molecule has 0 aliphatic carbocycles. The zero-order valence-corrected chi connectivity index (χ0v) is 20.0. The number of para-hydroxylation sites is 1. The smallest absolute Gasteiger partial charge is 0.328 e. The highest BCUT2D eigenvalue weighted by atomic mass is 35.5. The van der Waals surface area contributed by atoms with Crippen molar-refractivity contribution in [2.45, 2.75) is 6.92 Å². The molecule has 0 radical (unpaired) electrons. The summed E-state index contributed by atoms with van der Waals surface area (Å²) < 4.78 is 6.65. The van der Waals surface area contributed by atoms with Crippen molar-refractivity contribution in [1.29, 1.82) is 0 Å². The van der Waals surface area contributed by atoms with Crippen molar-refractivity contribution in [3.63, 3.8) is 0 Å². The highest BCUT2D eigenvalue weighted by molar-refractivity contribution is 6.44. The van der Waals surface area contributed by atoms with Crippen molar-refractivity contribution in [3.05, 3.63) is 88.5 Å². The summed E-state index contributed by atoms with van der Waals surface area (Å²) in [5, 5.41) is 6.56. The molecule has 4 aromatic rings. The van der Waals surface area contributed by atoms with Gasteiger partial charge in [-0.05, 0) is 67.6 Å². The maximum atomic E-state index is 13.1. The number of hydrogen-bond donors (Lipinski definition) is 3. The Labute approximate surface area is 210 Å². The summed E-state index contributed by atoms with van der Waals surface area (Å²) in [6.07, 6.45) is 0. The lowest BCUT2D eigenvalue weighted by atomic mass is 10.2. The molecule has 0 saturated heterocycles.